The molecule has 2 unspecified atom stereocenters. The van der Waals surface area contributed by atoms with E-state index in [1.54, 1.807) is 11.8 Å². The molecule has 2 aromatic heterocycles. The van der Waals surface area contributed by atoms with Crippen LogP contribution in [0.25, 0.3) is 16.7 Å². The maximum Gasteiger partial charge on any atom is 0.320 e. The van der Waals surface area contributed by atoms with Crippen LogP contribution >= 0.6 is 0 Å². The third-order valence-corrected chi connectivity index (χ3v) is 6.82. The number of nitrogens with zero attached hydrogens (tertiary/aromatic N) is 5. The van der Waals surface area contributed by atoms with Crippen molar-refractivity contribution in [3.05, 3.63) is 65.4 Å². The first-order valence-electron chi connectivity index (χ1n) is 12.1. The Hall–Kier alpha value is -3.72. The Morgan fingerprint density at radius 1 is 1.08 bits per heavy atom. The molecule has 0 spiro atoms. The van der Waals surface area contributed by atoms with Gasteiger partial charge in [-0.2, -0.15) is 15.1 Å². The fourth-order valence-corrected chi connectivity index (χ4v) is 4.83. The highest BCUT2D eigenvalue weighted by Gasteiger charge is 2.30. The minimum Gasteiger partial charge on any atom is -0.497 e. The summed E-state index contributed by atoms with van der Waals surface area (Å²) in [4.78, 5) is 11.0. The zero-order valence-corrected chi connectivity index (χ0v) is 21.0. The van der Waals surface area contributed by atoms with Gasteiger partial charge in [0.1, 0.15) is 17.7 Å². The number of aryl methyl sites for hydroxylation is 1. The lowest BCUT2D eigenvalue weighted by Crippen LogP contribution is -2.38. The van der Waals surface area contributed by atoms with Crippen molar-refractivity contribution in [1.82, 2.24) is 24.6 Å². The van der Waals surface area contributed by atoms with Crippen LogP contribution in [0.3, 0.4) is 0 Å². The van der Waals surface area contributed by atoms with Crippen molar-refractivity contribution in [2.75, 3.05) is 39.7 Å². The van der Waals surface area contributed by atoms with Crippen molar-refractivity contribution in [1.29, 1.82) is 0 Å². The second-order valence-electron chi connectivity index (χ2n) is 9.30. The van der Waals surface area contributed by atoms with Gasteiger partial charge < -0.3 is 19.7 Å². The summed E-state index contributed by atoms with van der Waals surface area (Å²) in [5.74, 6) is 1.87. The molecule has 0 radical (unpaired) electrons. The number of halogens is 1. The summed E-state index contributed by atoms with van der Waals surface area (Å²) >= 11 is 0. The van der Waals surface area contributed by atoms with Gasteiger partial charge in [0.25, 0.3) is 0 Å². The van der Waals surface area contributed by atoms with E-state index in [-0.39, 0.29) is 11.9 Å². The van der Waals surface area contributed by atoms with Crippen LogP contribution in [0, 0.1) is 6.92 Å². The first-order valence-corrected chi connectivity index (χ1v) is 12.1. The summed E-state index contributed by atoms with van der Waals surface area (Å²) in [6.45, 7) is 3.95. The molecule has 2 aromatic carbocycles. The molecule has 1 saturated heterocycles. The minimum atomic E-state index is -0.899. The van der Waals surface area contributed by atoms with E-state index < -0.39 is 6.17 Å². The molecule has 1 N–H and O–H groups in total. The second kappa shape index (κ2) is 10.1. The van der Waals surface area contributed by atoms with E-state index in [1.807, 2.05) is 55.4 Å². The zero-order chi connectivity index (χ0) is 25.2. The molecular weight excluding hydrogens is 459 g/mol. The SMILES string of the molecule is COc1ccc(CNc2cc(-n3ncc4cc(C)c(C5CCN(C)CC5F)cc43)nc(OC)n2)cc1. The fourth-order valence-electron chi connectivity index (χ4n) is 4.83. The number of methoxy groups -OCH3 is 2. The molecule has 3 heterocycles. The Kier molecular flexibility index (Phi) is 6.73. The van der Waals surface area contributed by atoms with E-state index in [4.69, 9.17) is 9.47 Å². The fraction of sp³-hybridized carbons (Fsp3) is 0.370. The summed E-state index contributed by atoms with van der Waals surface area (Å²) in [5, 5.41) is 8.92. The van der Waals surface area contributed by atoms with Gasteiger partial charge in [-0.05, 0) is 67.9 Å². The molecule has 1 fully saturated rings. The third kappa shape index (κ3) is 4.83. The van der Waals surface area contributed by atoms with E-state index in [9.17, 15) is 0 Å². The molecule has 0 bridgehead atoms. The van der Waals surface area contributed by atoms with E-state index in [0.717, 1.165) is 46.3 Å². The molecule has 9 heteroatoms. The Morgan fingerprint density at radius 3 is 2.61 bits per heavy atom. The van der Waals surface area contributed by atoms with Crippen LogP contribution in [0.2, 0.25) is 0 Å². The lowest BCUT2D eigenvalue weighted by atomic mass is 9.85. The number of likely N-dealkylation sites (tertiary alicyclic amines) is 1. The van der Waals surface area contributed by atoms with Gasteiger partial charge in [-0.3, -0.25) is 0 Å². The van der Waals surface area contributed by atoms with Crippen molar-refractivity contribution >= 4 is 16.7 Å². The minimum absolute atomic E-state index is 0.129. The number of ether oxygens (including phenoxy) is 2. The zero-order valence-electron chi connectivity index (χ0n) is 21.0. The third-order valence-electron chi connectivity index (χ3n) is 6.82. The monoisotopic (exact) mass is 490 g/mol. The lowest BCUT2D eigenvalue weighted by Gasteiger charge is -2.33. The number of alkyl halides is 1. The molecule has 5 rings (SSSR count). The Labute approximate surface area is 210 Å². The lowest BCUT2D eigenvalue weighted by molar-refractivity contribution is 0.139. The summed E-state index contributed by atoms with van der Waals surface area (Å²) in [7, 11) is 5.15. The average molecular weight is 491 g/mol. The van der Waals surface area contributed by atoms with Gasteiger partial charge in [0.15, 0.2) is 5.82 Å². The molecule has 0 amide bonds. The molecule has 188 valence electrons. The van der Waals surface area contributed by atoms with Crippen molar-refractivity contribution < 1.29 is 13.9 Å². The predicted octanol–water partition coefficient (Wildman–Crippen LogP) is 4.51. The predicted molar refractivity (Wildman–Crippen MR) is 138 cm³/mol. The van der Waals surface area contributed by atoms with E-state index in [2.05, 4.69) is 32.5 Å². The van der Waals surface area contributed by atoms with Crippen LogP contribution in [0.15, 0.2) is 48.7 Å². The molecule has 0 saturated carbocycles. The summed E-state index contributed by atoms with van der Waals surface area (Å²) in [6.07, 6.45) is 1.70. The van der Waals surface area contributed by atoms with Crippen molar-refractivity contribution in [3.63, 3.8) is 0 Å². The number of hydrogen-bond donors (Lipinski definition) is 1. The quantitative estimate of drug-likeness (QED) is 0.408. The number of anilines is 1. The van der Waals surface area contributed by atoms with Crippen LogP contribution in [0.5, 0.6) is 11.8 Å². The smallest absolute Gasteiger partial charge is 0.320 e. The highest BCUT2D eigenvalue weighted by Crippen LogP contribution is 2.35. The van der Waals surface area contributed by atoms with E-state index in [1.165, 1.54) is 7.11 Å². The van der Waals surface area contributed by atoms with Crippen LogP contribution in [-0.4, -0.2) is 65.2 Å². The van der Waals surface area contributed by atoms with Gasteiger partial charge in [-0.1, -0.05) is 12.1 Å². The molecule has 0 aliphatic carbocycles. The van der Waals surface area contributed by atoms with Gasteiger partial charge in [-0.15, -0.1) is 0 Å². The Balaban J connectivity index is 1.47. The molecule has 1 aliphatic heterocycles. The summed E-state index contributed by atoms with van der Waals surface area (Å²) in [5.41, 5.74) is 4.08. The van der Waals surface area contributed by atoms with Crippen molar-refractivity contribution in [3.8, 4) is 17.6 Å². The summed E-state index contributed by atoms with van der Waals surface area (Å²) < 4.78 is 27.4. The number of fused-ring (bicyclic) bond motifs is 1. The number of aromatic nitrogens is 4. The molecule has 8 nitrogen and oxygen atoms in total. The van der Waals surface area contributed by atoms with Crippen LogP contribution in [0.4, 0.5) is 10.2 Å². The van der Waals surface area contributed by atoms with Gasteiger partial charge in [-0.25, -0.2) is 9.07 Å². The number of rotatable bonds is 7. The maximum atomic E-state index is 15.0. The maximum absolute atomic E-state index is 15.0. The molecular formula is C27H31FN6O2. The highest BCUT2D eigenvalue weighted by atomic mass is 19.1. The number of nitrogens with one attached hydrogen (secondary N) is 1. The van der Waals surface area contributed by atoms with Crippen LogP contribution in [-0.2, 0) is 6.54 Å². The Morgan fingerprint density at radius 2 is 1.89 bits per heavy atom. The van der Waals surface area contributed by atoms with E-state index in [0.29, 0.717) is 24.7 Å². The largest absolute Gasteiger partial charge is 0.497 e. The van der Waals surface area contributed by atoms with Crippen molar-refractivity contribution in [2.45, 2.75) is 32.0 Å². The van der Waals surface area contributed by atoms with Gasteiger partial charge in [0, 0.05) is 30.5 Å². The van der Waals surface area contributed by atoms with Crippen LogP contribution < -0.4 is 14.8 Å². The molecule has 36 heavy (non-hydrogen) atoms. The number of piperidine rings is 1. The molecule has 4 aromatic rings. The molecule has 1 aliphatic rings. The standard InChI is InChI=1S/C27H31FN6O2/c1-17-11-19-15-30-34(24(19)12-22(17)21-9-10-33(2)16-23(21)28)26-13-25(31-27(32-26)36-4)29-14-18-5-7-20(35-3)8-6-18/h5-8,11-13,15,21,23H,9-10,14,16H2,1-4H3,(H,29,31,32). The number of hydrogen-bond acceptors (Lipinski definition) is 7. The van der Waals surface area contributed by atoms with E-state index >= 15 is 4.39 Å². The van der Waals surface area contributed by atoms with Gasteiger partial charge in [0.2, 0.25) is 0 Å². The number of benzene rings is 2. The second-order valence-corrected chi connectivity index (χ2v) is 9.30. The Bertz CT molecular complexity index is 1360. The molecule has 2 atom stereocenters. The van der Waals surface area contributed by atoms with Gasteiger partial charge in [0.05, 0.1) is 25.9 Å². The normalized spacial score (nSPS) is 18.4. The van der Waals surface area contributed by atoms with Gasteiger partial charge >= 0.3 is 6.01 Å². The first kappa shape index (κ1) is 24.0. The van der Waals surface area contributed by atoms with Crippen LogP contribution in [0.1, 0.15) is 29.0 Å². The van der Waals surface area contributed by atoms with Crippen molar-refractivity contribution in [2.24, 2.45) is 0 Å². The highest BCUT2D eigenvalue weighted by molar-refractivity contribution is 5.82. The first-order chi connectivity index (χ1) is 17.4. The topological polar surface area (TPSA) is 77.3 Å². The average Bonchev–Trinajstić information content (AvgIpc) is 3.30. The summed E-state index contributed by atoms with van der Waals surface area (Å²) in [6, 6.07) is 14.1.